The first kappa shape index (κ1) is 15.2. The molecular formula is C15H26N4O. The molecule has 0 atom stereocenters. The van der Waals surface area contributed by atoms with Crippen molar-refractivity contribution in [1.82, 2.24) is 10.2 Å². The van der Waals surface area contributed by atoms with Crippen molar-refractivity contribution in [2.24, 2.45) is 5.73 Å². The summed E-state index contributed by atoms with van der Waals surface area (Å²) in [5.41, 5.74) is 8.84. The number of aromatic nitrogens is 2. The monoisotopic (exact) mass is 278 g/mol. The van der Waals surface area contributed by atoms with E-state index in [2.05, 4.69) is 28.9 Å². The Hall–Kier alpha value is -1.20. The molecule has 3 N–H and O–H groups in total. The summed E-state index contributed by atoms with van der Waals surface area (Å²) in [6.07, 6.45) is 3.34. The van der Waals surface area contributed by atoms with Crippen molar-refractivity contribution >= 4 is 5.82 Å². The van der Waals surface area contributed by atoms with E-state index in [1.54, 1.807) is 0 Å². The zero-order chi connectivity index (χ0) is 14.8. The van der Waals surface area contributed by atoms with Gasteiger partial charge < -0.3 is 15.7 Å². The van der Waals surface area contributed by atoms with E-state index < -0.39 is 5.60 Å². The number of nitrogens with zero attached hydrogens (tertiary/aromatic N) is 3. The number of aliphatic hydroxyl groups is 1. The standard InChI is InChI=1S/C15H26N4O/c1-4-11-12(10-16)14(18-17-13(11)5-2)19-8-6-15(3,20)7-9-19/h20H,4-10,16H2,1-3H3. The zero-order valence-electron chi connectivity index (χ0n) is 12.8. The molecule has 1 aromatic heterocycles. The van der Waals surface area contributed by atoms with E-state index in [9.17, 15) is 5.11 Å². The average Bonchev–Trinajstić information content (AvgIpc) is 2.45. The summed E-state index contributed by atoms with van der Waals surface area (Å²) in [5.74, 6) is 0.914. The minimum absolute atomic E-state index is 0.494. The minimum Gasteiger partial charge on any atom is -0.390 e. The van der Waals surface area contributed by atoms with Crippen LogP contribution in [0.1, 0.15) is 50.4 Å². The predicted molar refractivity (Wildman–Crippen MR) is 80.8 cm³/mol. The summed E-state index contributed by atoms with van der Waals surface area (Å²) in [5, 5.41) is 18.9. The highest BCUT2D eigenvalue weighted by molar-refractivity contribution is 5.51. The summed E-state index contributed by atoms with van der Waals surface area (Å²) in [6, 6.07) is 0. The van der Waals surface area contributed by atoms with Gasteiger partial charge in [-0.3, -0.25) is 0 Å². The van der Waals surface area contributed by atoms with Crippen molar-refractivity contribution in [1.29, 1.82) is 0 Å². The number of piperidine rings is 1. The molecule has 1 aliphatic heterocycles. The molecule has 5 nitrogen and oxygen atoms in total. The fourth-order valence-electron chi connectivity index (χ4n) is 2.91. The lowest BCUT2D eigenvalue weighted by Gasteiger charge is -2.37. The third kappa shape index (κ3) is 2.94. The summed E-state index contributed by atoms with van der Waals surface area (Å²) >= 11 is 0. The van der Waals surface area contributed by atoms with Crippen LogP contribution in [0.15, 0.2) is 0 Å². The van der Waals surface area contributed by atoms with Crippen LogP contribution in [0.4, 0.5) is 5.82 Å². The van der Waals surface area contributed by atoms with Gasteiger partial charge in [0.25, 0.3) is 0 Å². The molecule has 0 aliphatic carbocycles. The maximum Gasteiger partial charge on any atom is 0.156 e. The lowest BCUT2D eigenvalue weighted by atomic mass is 9.93. The molecule has 2 heterocycles. The van der Waals surface area contributed by atoms with Gasteiger partial charge >= 0.3 is 0 Å². The van der Waals surface area contributed by atoms with Crippen LogP contribution < -0.4 is 10.6 Å². The van der Waals surface area contributed by atoms with Crippen LogP contribution in [0.25, 0.3) is 0 Å². The number of hydrogen-bond acceptors (Lipinski definition) is 5. The summed E-state index contributed by atoms with van der Waals surface area (Å²) in [4.78, 5) is 2.21. The highest BCUT2D eigenvalue weighted by atomic mass is 16.3. The molecule has 5 heteroatoms. The van der Waals surface area contributed by atoms with Gasteiger partial charge in [0, 0.05) is 25.2 Å². The summed E-state index contributed by atoms with van der Waals surface area (Å²) in [6.45, 7) is 8.25. The fourth-order valence-corrected chi connectivity index (χ4v) is 2.91. The van der Waals surface area contributed by atoms with Crippen molar-refractivity contribution in [2.75, 3.05) is 18.0 Å². The Balaban J connectivity index is 2.33. The first-order valence-corrected chi connectivity index (χ1v) is 7.57. The van der Waals surface area contributed by atoms with E-state index in [-0.39, 0.29) is 0 Å². The molecule has 0 spiro atoms. The molecule has 2 rings (SSSR count). The van der Waals surface area contributed by atoms with Gasteiger partial charge in [-0.15, -0.1) is 5.10 Å². The third-order valence-corrected chi connectivity index (χ3v) is 4.28. The molecule has 20 heavy (non-hydrogen) atoms. The molecule has 1 aliphatic rings. The second-order valence-electron chi connectivity index (χ2n) is 5.82. The van der Waals surface area contributed by atoms with Gasteiger partial charge in [-0.25, -0.2) is 0 Å². The lowest BCUT2D eigenvalue weighted by molar-refractivity contribution is 0.0349. The van der Waals surface area contributed by atoms with Gasteiger partial charge in [0.1, 0.15) is 0 Å². The molecule has 0 unspecified atom stereocenters. The Kier molecular flexibility index (Phi) is 4.60. The molecule has 0 saturated carbocycles. The van der Waals surface area contributed by atoms with Crippen molar-refractivity contribution in [3.05, 3.63) is 16.8 Å². The smallest absolute Gasteiger partial charge is 0.156 e. The summed E-state index contributed by atoms with van der Waals surface area (Å²) in [7, 11) is 0. The summed E-state index contributed by atoms with van der Waals surface area (Å²) < 4.78 is 0. The van der Waals surface area contributed by atoms with Gasteiger partial charge in [0.2, 0.25) is 0 Å². The van der Waals surface area contributed by atoms with Crippen molar-refractivity contribution in [3.8, 4) is 0 Å². The Morgan fingerprint density at radius 1 is 1.15 bits per heavy atom. The van der Waals surface area contributed by atoms with Gasteiger partial charge in [-0.05, 0) is 38.2 Å². The van der Waals surface area contributed by atoms with Crippen LogP contribution in [0.2, 0.25) is 0 Å². The average molecular weight is 278 g/mol. The maximum atomic E-state index is 10.1. The Morgan fingerprint density at radius 3 is 2.30 bits per heavy atom. The maximum absolute atomic E-state index is 10.1. The van der Waals surface area contributed by atoms with E-state index in [4.69, 9.17) is 5.73 Å². The molecule has 0 amide bonds. The largest absolute Gasteiger partial charge is 0.390 e. The fraction of sp³-hybridized carbons (Fsp3) is 0.733. The molecule has 0 aromatic carbocycles. The Morgan fingerprint density at radius 2 is 1.80 bits per heavy atom. The predicted octanol–water partition coefficient (Wildman–Crippen LogP) is 1.41. The van der Waals surface area contributed by atoms with Crippen LogP contribution in [0, 0.1) is 0 Å². The van der Waals surface area contributed by atoms with Crippen molar-refractivity contribution in [2.45, 2.75) is 58.6 Å². The quantitative estimate of drug-likeness (QED) is 0.871. The van der Waals surface area contributed by atoms with Gasteiger partial charge in [0.15, 0.2) is 5.82 Å². The Bertz CT molecular complexity index is 463. The molecular weight excluding hydrogens is 252 g/mol. The van der Waals surface area contributed by atoms with Crippen LogP contribution in [-0.2, 0) is 19.4 Å². The Labute approximate surface area is 121 Å². The topological polar surface area (TPSA) is 75.3 Å². The van der Waals surface area contributed by atoms with Crippen LogP contribution >= 0.6 is 0 Å². The van der Waals surface area contributed by atoms with Crippen molar-refractivity contribution < 1.29 is 5.11 Å². The number of hydrogen-bond donors (Lipinski definition) is 2. The second-order valence-corrected chi connectivity index (χ2v) is 5.82. The molecule has 112 valence electrons. The minimum atomic E-state index is -0.552. The lowest BCUT2D eigenvalue weighted by Crippen LogP contribution is -2.43. The SMILES string of the molecule is CCc1nnc(N2CCC(C)(O)CC2)c(CN)c1CC. The third-order valence-electron chi connectivity index (χ3n) is 4.28. The highest BCUT2D eigenvalue weighted by Gasteiger charge is 2.29. The van der Waals surface area contributed by atoms with Crippen molar-refractivity contribution in [3.63, 3.8) is 0 Å². The normalized spacial score (nSPS) is 18.4. The molecule has 1 fully saturated rings. The van der Waals surface area contributed by atoms with Gasteiger partial charge in [-0.2, -0.15) is 5.10 Å². The number of anilines is 1. The van der Waals surface area contributed by atoms with E-state index >= 15 is 0 Å². The van der Waals surface area contributed by atoms with Crippen LogP contribution in [0.5, 0.6) is 0 Å². The number of aryl methyl sites for hydroxylation is 1. The zero-order valence-corrected chi connectivity index (χ0v) is 12.8. The highest BCUT2D eigenvalue weighted by Crippen LogP contribution is 2.29. The molecule has 1 aromatic rings. The van der Waals surface area contributed by atoms with Gasteiger partial charge in [0.05, 0.1) is 11.3 Å². The molecule has 0 radical (unpaired) electrons. The van der Waals surface area contributed by atoms with Gasteiger partial charge in [-0.1, -0.05) is 13.8 Å². The number of nitrogens with two attached hydrogens (primary N) is 1. The van der Waals surface area contributed by atoms with Crippen LogP contribution in [-0.4, -0.2) is 34.0 Å². The first-order chi connectivity index (χ1) is 9.52. The van der Waals surface area contributed by atoms with Crippen LogP contribution in [0.3, 0.4) is 0 Å². The first-order valence-electron chi connectivity index (χ1n) is 7.57. The molecule has 0 bridgehead atoms. The van der Waals surface area contributed by atoms with E-state index in [1.165, 1.54) is 5.56 Å². The van der Waals surface area contributed by atoms with E-state index in [0.717, 1.165) is 55.8 Å². The van der Waals surface area contributed by atoms with E-state index in [0.29, 0.717) is 6.54 Å². The molecule has 1 saturated heterocycles. The van der Waals surface area contributed by atoms with E-state index in [1.807, 2.05) is 6.92 Å². The second kappa shape index (κ2) is 6.06. The number of rotatable bonds is 4.